The van der Waals surface area contributed by atoms with Crippen LogP contribution >= 0.6 is 0 Å². The van der Waals surface area contributed by atoms with Crippen LogP contribution in [-0.4, -0.2) is 22.9 Å². The molecular weight excluding hydrogens is 304 g/mol. The van der Waals surface area contributed by atoms with E-state index in [2.05, 4.69) is 5.10 Å². The molecule has 2 N–H and O–H groups in total. The van der Waals surface area contributed by atoms with Crippen molar-refractivity contribution in [1.82, 2.24) is 9.78 Å². The fraction of sp³-hybridized carbons (Fsp3) is 0.500. The average molecular weight is 323 g/mol. The number of nitrogens with two attached hydrogens (primary N) is 1. The van der Waals surface area contributed by atoms with E-state index >= 15 is 0 Å². The third-order valence-corrected chi connectivity index (χ3v) is 4.57. The number of anilines is 1. The van der Waals surface area contributed by atoms with Gasteiger partial charge in [-0.15, -0.1) is 0 Å². The summed E-state index contributed by atoms with van der Waals surface area (Å²) in [6.45, 7) is 0. The molecule has 0 aliphatic heterocycles. The number of ether oxygens (including phenoxy) is 1. The number of nitrogen functional groups attached to an aromatic ring is 1. The van der Waals surface area contributed by atoms with Gasteiger partial charge in [-0.1, -0.05) is 0 Å². The van der Waals surface area contributed by atoms with Gasteiger partial charge in [-0.3, -0.25) is 9.48 Å². The molecule has 0 bridgehead atoms. The Kier molecular flexibility index (Phi) is 4.19. The first-order valence-electron chi connectivity index (χ1n) is 7.64. The molecule has 0 amide bonds. The summed E-state index contributed by atoms with van der Waals surface area (Å²) in [5.41, 5.74) is 6.09. The van der Waals surface area contributed by atoms with Crippen molar-refractivity contribution in [2.45, 2.75) is 38.2 Å². The first-order chi connectivity index (χ1) is 11.0. The minimum absolute atomic E-state index is 0.0534. The molecule has 1 aliphatic carbocycles. The Hall–Kier alpha value is -2.18. The van der Waals surface area contributed by atoms with Crippen molar-refractivity contribution in [1.29, 1.82) is 0 Å². The lowest BCUT2D eigenvalue weighted by Gasteiger charge is -2.26. The van der Waals surface area contributed by atoms with Crippen LogP contribution in [-0.2, 0) is 9.53 Å². The molecule has 1 saturated carbocycles. The zero-order valence-electron chi connectivity index (χ0n) is 12.8. The summed E-state index contributed by atoms with van der Waals surface area (Å²) >= 11 is 0. The van der Waals surface area contributed by atoms with Gasteiger partial charge < -0.3 is 10.5 Å². The van der Waals surface area contributed by atoms with Gasteiger partial charge in [0.1, 0.15) is 0 Å². The Balaban J connectivity index is 1.80. The second-order valence-electron chi connectivity index (χ2n) is 5.98. The van der Waals surface area contributed by atoms with Gasteiger partial charge in [-0.25, -0.2) is 8.78 Å². The van der Waals surface area contributed by atoms with Gasteiger partial charge in [-0.05, 0) is 37.8 Å². The zero-order chi connectivity index (χ0) is 16.6. The van der Waals surface area contributed by atoms with Gasteiger partial charge in [0.05, 0.1) is 24.6 Å². The minimum Gasteiger partial charge on any atom is -0.469 e. The molecule has 1 aromatic heterocycles. The number of methoxy groups -OCH3 is 1. The maximum absolute atomic E-state index is 12.9. The number of carbonyl (C=O) groups is 1. The highest BCUT2D eigenvalue weighted by Gasteiger charge is 2.28. The zero-order valence-corrected chi connectivity index (χ0v) is 12.8. The lowest BCUT2D eigenvalue weighted by molar-refractivity contribution is -0.146. The summed E-state index contributed by atoms with van der Waals surface area (Å²) in [5, 5.41) is 5.17. The van der Waals surface area contributed by atoms with Crippen LogP contribution in [0, 0.1) is 5.92 Å². The molecule has 124 valence electrons. The monoisotopic (exact) mass is 323 g/mol. The van der Waals surface area contributed by atoms with Crippen molar-refractivity contribution >= 4 is 22.6 Å². The molecule has 1 aliphatic rings. The number of benzene rings is 1. The van der Waals surface area contributed by atoms with Crippen molar-refractivity contribution in [3.63, 3.8) is 0 Å². The SMILES string of the molecule is COC(=O)C1CCC(n2cc3cc(N)c(C(F)F)cc3n2)CC1. The number of esters is 1. The van der Waals surface area contributed by atoms with Crippen molar-refractivity contribution in [2.24, 2.45) is 5.92 Å². The van der Waals surface area contributed by atoms with Crippen LogP contribution in [0.3, 0.4) is 0 Å². The lowest BCUT2D eigenvalue weighted by atomic mass is 9.86. The van der Waals surface area contributed by atoms with Crippen LogP contribution in [0.25, 0.3) is 10.9 Å². The highest BCUT2D eigenvalue weighted by molar-refractivity contribution is 5.83. The molecule has 0 unspecified atom stereocenters. The smallest absolute Gasteiger partial charge is 0.308 e. The number of alkyl halides is 2. The first kappa shape index (κ1) is 15.7. The fourth-order valence-electron chi connectivity index (χ4n) is 3.24. The Bertz CT molecular complexity index is 721. The van der Waals surface area contributed by atoms with Crippen LogP contribution in [0.5, 0.6) is 0 Å². The van der Waals surface area contributed by atoms with E-state index in [1.807, 2.05) is 10.9 Å². The quantitative estimate of drug-likeness (QED) is 0.693. The Morgan fingerprint density at radius 3 is 2.65 bits per heavy atom. The van der Waals surface area contributed by atoms with E-state index in [-0.39, 0.29) is 29.2 Å². The first-order valence-corrected chi connectivity index (χ1v) is 7.64. The topological polar surface area (TPSA) is 70.1 Å². The summed E-state index contributed by atoms with van der Waals surface area (Å²) in [6.07, 6.45) is 2.34. The Morgan fingerprint density at radius 1 is 1.35 bits per heavy atom. The Morgan fingerprint density at radius 2 is 2.04 bits per heavy atom. The van der Waals surface area contributed by atoms with Gasteiger partial charge in [0.25, 0.3) is 6.43 Å². The molecule has 1 aromatic carbocycles. The number of fused-ring (bicyclic) bond motifs is 1. The van der Waals surface area contributed by atoms with E-state index in [0.717, 1.165) is 31.1 Å². The lowest BCUT2D eigenvalue weighted by Crippen LogP contribution is -2.24. The average Bonchev–Trinajstić information content (AvgIpc) is 2.96. The number of rotatable bonds is 3. The van der Waals surface area contributed by atoms with Gasteiger partial charge in [-0.2, -0.15) is 5.10 Å². The second kappa shape index (κ2) is 6.14. The summed E-state index contributed by atoms with van der Waals surface area (Å²) < 4.78 is 32.4. The van der Waals surface area contributed by atoms with E-state index in [1.165, 1.54) is 13.2 Å². The summed E-state index contributed by atoms with van der Waals surface area (Å²) in [7, 11) is 1.40. The molecular formula is C16H19F2N3O2. The van der Waals surface area contributed by atoms with Crippen LogP contribution in [0.2, 0.25) is 0 Å². The molecule has 23 heavy (non-hydrogen) atoms. The third kappa shape index (κ3) is 3.00. The molecule has 2 aromatic rings. The number of hydrogen-bond donors (Lipinski definition) is 1. The standard InChI is InChI=1S/C16H19F2N3O2/c1-23-16(22)9-2-4-11(5-3-9)21-8-10-6-13(19)12(15(17)18)7-14(10)20-21/h6-9,11,15H,2-5,19H2,1H3. The van der Waals surface area contributed by atoms with E-state index in [9.17, 15) is 13.6 Å². The van der Waals surface area contributed by atoms with E-state index in [1.54, 1.807) is 6.07 Å². The predicted octanol–water partition coefficient (Wildman–Crippen LogP) is 3.46. The second-order valence-corrected chi connectivity index (χ2v) is 5.98. The molecule has 0 radical (unpaired) electrons. The molecule has 3 rings (SSSR count). The molecule has 0 spiro atoms. The molecule has 1 fully saturated rings. The molecule has 5 nitrogen and oxygen atoms in total. The highest BCUT2D eigenvalue weighted by atomic mass is 19.3. The predicted molar refractivity (Wildman–Crippen MR) is 82.1 cm³/mol. The molecule has 0 atom stereocenters. The summed E-state index contributed by atoms with van der Waals surface area (Å²) in [5.74, 6) is -0.217. The molecule has 0 saturated heterocycles. The third-order valence-electron chi connectivity index (χ3n) is 4.57. The van der Waals surface area contributed by atoms with Gasteiger partial charge in [0.15, 0.2) is 0 Å². The molecule has 7 heteroatoms. The number of halogens is 2. The van der Waals surface area contributed by atoms with Crippen LogP contribution in [0.4, 0.5) is 14.5 Å². The fourth-order valence-corrected chi connectivity index (χ4v) is 3.24. The summed E-state index contributed by atoms with van der Waals surface area (Å²) in [4.78, 5) is 11.6. The van der Waals surface area contributed by atoms with Crippen LogP contribution in [0.15, 0.2) is 18.3 Å². The summed E-state index contributed by atoms with van der Waals surface area (Å²) in [6, 6.07) is 3.06. The van der Waals surface area contributed by atoms with Crippen LogP contribution < -0.4 is 5.73 Å². The van der Waals surface area contributed by atoms with Crippen LogP contribution in [0.1, 0.15) is 43.7 Å². The number of nitrogens with zero attached hydrogens (tertiary/aromatic N) is 2. The normalized spacial score (nSPS) is 21.7. The van der Waals surface area contributed by atoms with E-state index in [0.29, 0.717) is 5.52 Å². The minimum atomic E-state index is -2.61. The van der Waals surface area contributed by atoms with Gasteiger partial charge in [0.2, 0.25) is 0 Å². The Labute approximate surface area is 132 Å². The number of hydrogen-bond acceptors (Lipinski definition) is 4. The number of carbonyl (C=O) groups excluding carboxylic acids is 1. The largest absolute Gasteiger partial charge is 0.469 e. The van der Waals surface area contributed by atoms with E-state index < -0.39 is 6.43 Å². The maximum Gasteiger partial charge on any atom is 0.308 e. The van der Waals surface area contributed by atoms with Gasteiger partial charge in [0, 0.05) is 22.8 Å². The van der Waals surface area contributed by atoms with Gasteiger partial charge >= 0.3 is 5.97 Å². The maximum atomic E-state index is 12.9. The van der Waals surface area contributed by atoms with Crippen molar-refractivity contribution in [3.8, 4) is 0 Å². The van der Waals surface area contributed by atoms with Crippen molar-refractivity contribution in [2.75, 3.05) is 12.8 Å². The van der Waals surface area contributed by atoms with Crippen molar-refractivity contribution in [3.05, 3.63) is 23.9 Å². The highest BCUT2D eigenvalue weighted by Crippen LogP contribution is 2.34. The molecule has 1 heterocycles. The number of aromatic nitrogens is 2. The van der Waals surface area contributed by atoms with Crippen molar-refractivity contribution < 1.29 is 18.3 Å². The van der Waals surface area contributed by atoms with E-state index in [4.69, 9.17) is 10.5 Å².